The Bertz CT molecular complexity index is 830. The van der Waals surface area contributed by atoms with E-state index in [9.17, 15) is 9.59 Å². The Morgan fingerprint density at radius 2 is 1.34 bits per heavy atom. The average Bonchev–Trinajstić information content (AvgIpc) is 2.76. The predicted molar refractivity (Wildman–Crippen MR) is 155 cm³/mol. The predicted octanol–water partition coefficient (Wildman–Crippen LogP) is 6.22. The van der Waals surface area contributed by atoms with Crippen LogP contribution in [0.3, 0.4) is 0 Å². The standard InChI is InChI=1S/C28H54O8Si2/c1-16-18-28(10,24(29)32-17-2)25(30)34-20-19(3)33-23(31-11)22(36-38(14,15)27(7,8)9)21(20)35-37(12,13)26(4,5)6/h16,19-23H,1,17-18H2,2-15H3/t19-,20-,21+,22-,23+,28-/m1/s1. The van der Waals surface area contributed by atoms with Gasteiger partial charge < -0.3 is 27.8 Å². The molecular weight excluding hydrogens is 520 g/mol. The summed E-state index contributed by atoms with van der Waals surface area (Å²) in [4.78, 5) is 26.5. The van der Waals surface area contributed by atoms with Crippen molar-refractivity contribution in [3.63, 3.8) is 0 Å². The number of hydrogen-bond acceptors (Lipinski definition) is 8. The zero-order valence-corrected chi connectivity index (χ0v) is 28.4. The van der Waals surface area contributed by atoms with Gasteiger partial charge in [-0.15, -0.1) is 6.58 Å². The highest BCUT2D eigenvalue weighted by Gasteiger charge is 2.56. The van der Waals surface area contributed by atoms with Gasteiger partial charge in [-0.2, -0.15) is 0 Å². The molecule has 38 heavy (non-hydrogen) atoms. The second-order valence-electron chi connectivity index (χ2n) is 13.5. The number of allylic oxidation sites excluding steroid dienone is 1. The number of hydrogen-bond donors (Lipinski definition) is 0. The van der Waals surface area contributed by atoms with Crippen molar-refractivity contribution in [2.24, 2.45) is 5.41 Å². The monoisotopic (exact) mass is 574 g/mol. The normalized spacial score (nSPS) is 26.8. The first-order valence-corrected chi connectivity index (χ1v) is 19.4. The number of methoxy groups -OCH3 is 1. The Morgan fingerprint density at radius 1 is 0.868 bits per heavy atom. The van der Waals surface area contributed by atoms with Gasteiger partial charge in [-0.05, 0) is 63.5 Å². The summed E-state index contributed by atoms with van der Waals surface area (Å²) in [6, 6.07) is 0. The maximum Gasteiger partial charge on any atom is 0.323 e. The van der Waals surface area contributed by atoms with Gasteiger partial charge in [0.15, 0.2) is 34.4 Å². The molecule has 222 valence electrons. The minimum Gasteiger partial charge on any atom is -0.465 e. The van der Waals surface area contributed by atoms with Crippen LogP contribution in [-0.2, 0) is 37.4 Å². The molecule has 6 atom stereocenters. The second kappa shape index (κ2) is 12.6. The summed E-state index contributed by atoms with van der Waals surface area (Å²) >= 11 is 0. The van der Waals surface area contributed by atoms with Crippen LogP contribution in [0, 0.1) is 5.41 Å². The number of carbonyl (C=O) groups is 2. The summed E-state index contributed by atoms with van der Waals surface area (Å²) in [6.45, 7) is 30.5. The van der Waals surface area contributed by atoms with Crippen LogP contribution in [0.5, 0.6) is 0 Å². The largest absolute Gasteiger partial charge is 0.465 e. The van der Waals surface area contributed by atoms with E-state index in [2.05, 4.69) is 74.3 Å². The van der Waals surface area contributed by atoms with Crippen LogP contribution in [0.25, 0.3) is 0 Å². The molecule has 1 fully saturated rings. The zero-order chi connectivity index (χ0) is 29.9. The molecule has 0 unspecified atom stereocenters. The summed E-state index contributed by atoms with van der Waals surface area (Å²) in [5, 5.41) is -0.204. The quantitative estimate of drug-likeness (QED) is 0.124. The van der Waals surface area contributed by atoms with Gasteiger partial charge in [0.1, 0.15) is 12.2 Å². The molecule has 8 nitrogen and oxygen atoms in total. The van der Waals surface area contributed by atoms with Crippen molar-refractivity contribution >= 4 is 28.6 Å². The summed E-state index contributed by atoms with van der Waals surface area (Å²) in [6.07, 6.45) is -1.84. The smallest absolute Gasteiger partial charge is 0.323 e. The van der Waals surface area contributed by atoms with Gasteiger partial charge in [-0.25, -0.2) is 0 Å². The van der Waals surface area contributed by atoms with Crippen molar-refractivity contribution in [2.45, 2.75) is 136 Å². The molecule has 0 radical (unpaired) electrons. The third-order valence-electron chi connectivity index (χ3n) is 8.41. The average molecular weight is 575 g/mol. The summed E-state index contributed by atoms with van der Waals surface area (Å²) in [7, 11) is -3.15. The van der Waals surface area contributed by atoms with E-state index in [1.54, 1.807) is 14.0 Å². The molecule has 0 aromatic rings. The highest BCUT2D eigenvalue weighted by Crippen LogP contribution is 2.44. The zero-order valence-electron chi connectivity index (χ0n) is 26.4. The molecule has 1 aliphatic rings. The molecule has 0 aliphatic carbocycles. The van der Waals surface area contributed by atoms with E-state index in [0.29, 0.717) is 0 Å². The highest BCUT2D eigenvalue weighted by molar-refractivity contribution is 6.74. The van der Waals surface area contributed by atoms with Crippen LogP contribution in [0.1, 0.15) is 68.7 Å². The molecule has 1 aliphatic heterocycles. The summed E-state index contributed by atoms with van der Waals surface area (Å²) < 4.78 is 37.2. The highest BCUT2D eigenvalue weighted by atomic mass is 28.4. The molecule has 1 saturated heterocycles. The Morgan fingerprint density at radius 3 is 1.74 bits per heavy atom. The van der Waals surface area contributed by atoms with Crippen LogP contribution >= 0.6 is 0 Å². The Balaban J connectivity index is 3.64. The molecule has 0 spiro atoms. The van der Waals surface area contributed by atoms with E-state index >= 15 is 0 Å². The second-order valence-corrected chi connectivity index (χ2v) is 23.1. The molecule has 0 bridgehead atoms. The van der Waals surface area contributed by atoms with Gasteiger partial charge >= 0.3 is 11.9 Å². The van der Waals surface area contributed by atoms with Crippen molar-refractivity contribution in [2.75, 3.05) is 13.7 Å². The molecule has 0 amide bonds. The van der Waals surface area contributed by atoms with Crippen LogP contribution < -0.4 is 0 Å². The van der Waals surface area contributed by atoms with E-state index in [1.807, 2.05) is 6.92 Å². The summed E-state index contributed by atoms with van der Waals surface area (Å²) in [5.74, 6) is -1.36. The minimum atomic E-state index is -2.39. The third kappa shape index (κ3) is 7.78. The van der Waals surface area contributed by atoms with Crippen LogP contribution in [0.15, 0.2) is 12.7 Å². The maximum atomic E-state index is 13.7. The molecular formula is C28H54O8Si2. The van der Waals surface area contributed by atoms with Crippen molar-refractivity contribution in [1.82, 2.24) is 0 Å². The fourth-order valence-electron chi connectivity index (χ4n) is 3.70. The topological polar surface area (TPSA) is 89.5 Å². The van der Waals surface area contributed by atoms with E-state index in [4.69, 9.17) is 27.8 Å². The SMILES string of the molecule is C=CC[C@](C)(C(=O)OCC)C(=O)O[C@H]1[C@H](O[Si](C)(C)C(C)(C)C)[C@@H](O[Si](C)(C)C(C)(C)C)[C@@H](OC)O[C@@H]1C. The summed E-state index contributed by atoms with van der Waals surface area (Å²) in [5.41, 5.74) is -1.55. The van der Waals surface area contributed by atoms with Gasteiger partial charge in [0.05, 0.1) is 12.7 Å². The number of esters is 2. The fourth-order valence-corrected chi connectivity index (χ4v) is 6.28. The lowest BCUT2D eigenvalue weighted by Gasteiger charge is -2.51. The first-order chi connectivity index (χ1) is 17.1. The Hall–Kier alpha value is -1.05. The third-order valence-corrected chi connectivity index (χ3v) is 17.4. The van der Waals surface area contributed by atoms with Crippen molar-refractivity contribution in [3.05, 3.63) is 12.7 Å². The number of carbonyl (C=O) groups excluding carboxylic acids is 2. The molecule has 0 aromatic heterocycles. The van der Waals surface area contributed by atoms with Crippen molar-refractivity contribution in [3.8, 4) is 0 Å². The first kappa shape index (κ1) is 35.0. The Kier molecular flexibility index (Phi) is 11.6. The van der Waals surface area contributed by atoms with E-state index < -0.39 is 64.7 Å². The minimum absolute atomic E-state index is 0.0744. The fraction of sp³-hybridized carbons (Fsp3) is 0.857. The van der Waals surface area contributed by atoms with E-state index in [0.717, 1.165) is 0 Å². The van der Waals surface area contributed by atoms with Gasteiger partial charge in [0, 0.05) is 7.11 Å². The van der Waals surface area contributed by atoms with Crippen LogP contribution in [0.2, 0.25) is 36.3 Å². The number of ether oxygens (including phenoxy) is 4. The van der Waals surface area contributed by atoms with Gasteiger partial charge in [0.2, 0.25) is 0 Å². The molecule has 0 aromatic carbocycles. The molecule has 10 heteroatoms. The molecule has 0 N–H and O–H groups in total. The maximum absolute atomic E-state index is 13.7. The van der Waals surface area contributed by atoms with Crippen LogP contribution in [0.4, 0.5) is 0 Å². The lowest BCUT2D eigenvalue weighted by Crippen LogP contribution is -2.66. The van der Waals surface area contributed by atoms with Gasteiger partial charge in [-0.3, -0.25) is 9.59 Å². The van der Waals surface area contributed by atoms with Crippen LogP contribution in [-0.4, -0.2) is 73.0 Å². The van der Waals surface area contributed by atoms with Crippen molar-refractivity contribution in [1.29, 1.82) is 0 Å². The lowest BCUT2D eigenvalue weighted by atomic mass is 9.86. The molecule has 1 rings (SSSR count). The molecule has 0 saturated carbocycles. The molecule has 1 heterocycles. The first-order valence-electron chi connectivity index (χ1n) is 13.6. The van der Waals surface area contributed by atoms with Gasteiger partial charge in [-0.1, -0.05) is 47.6 Å². The van der Waals surface area contributed by atoms with E-state index in [-0.39, 0.29) is 23.1 Å². The lowest BCUT2D eigenvalue weighted by molar-refractivity contribution is -0.284. The number of rotatable bonds is 11. The Labute approximate surface area is 233 Å². The van der Waals surface area contributed by atoms with E-state index in [1.165, 1.54) is 13.0 Å². The van der Waals surface area contributed by atoms with Crippen molar-refractivity contribution < 1.29 is 37.4 Å². The van der Waals surface area contributed by atoms with Gasteiger partial charge in [0.25, 0.3) is 0 Å².